The van der Waals surface area contributed by atoms with Crippen LogP contribution in [0.2, 0.25) is 0 Å². The van der Waals surface area contributed by atoms with E-state index in [-0.39, 0.29) is 12.1 Å². The predicted octanol–water partition coefficient (Wildman–Crippen LogP) is 2.29. The van der Waals surface area contributed by atoms with Gasteiger partial charge in [-0.15, -0.1) is 0 Å². The second-order valence-electron chi connectivity index (χ2n) is 3.99. The molecule has 1 aromatic carbocycles. The highest BCUT2D eigenvalue weighted by atomic mass is 16.5. The third-order valence-corrected chi connectivity index (χ3v) is 2.94. The zero-order valence-corrected chi connectivity index (χ0v) is 8.73. The van der Waals surface area contributed by atoms with E-state index >= 15 is 0 Å². The van der Waals surface area contributed by atoms with Crippen molar-refractivity contribution in [1.82, 2.24) is 0 Å². The molecule has 3 atom stereocenters. The lowest BCUT2D eigenvalue weighted by atomic mass is 9.90. The molecule has 14 heavy (non-hydrogen) atoms. The highest BCUT2D eigenvalue weighted by Crippen LogP contribution is 2.40. The van der Waals surface area contributed by atoms with Crippen molar-refractivity contribution < 1.29 is 4.74 Å². The molecule has 2 heteroatoms. The summed E-state index contributed by atoms with van der Waals surface area (Å²) in [7, 11) is 0. The zero-order valence-electron chi connectivity index (χ0n) is 8.73. The van der Waals surface area contributed by atoms with Crippen molar-refractivity contribution in [3.8, 4) is 5.75 Å². The lowest BCUT2D eigenvalue weighted by Crippen LogP contribution is -2.37. The van der Waals surface area contributed by atoms with E-state index in [2.05, 4.69) is 19.1 Å². The van der Waals surface area contributed by atoms with Crippen molar-refractivity contribution in [3.05, 3.63) is 29.8 Å². The third-order valence-electron chi connectivity index (χ3n) is 2.94. The minimum atomic E-state index is 0.0901. The monoisotopic (exact) mass is 191 g/mol. The number of hydrogen-bond acceptors (Lipinski definition) is 2. The fourth-order valence-corrected chi connectivity index (χ4v) is 2.23. The molecule has 2 N–H and O–H groups in total. The number of rotatable bonds is 2. The van der Waals surface area contributed by atoms with E-state index in [4.69, 9.17) is 10.5 Å². The summed E-state index contributed by atoms with van der Waals surface area (Å²) in [6, 6.07) is 8.34. The molecule has 0 aliphatic carbocycles. The van der Waals surface area contributed by atoms with Crippen molar-refractivity contribution in [2.45, 2.75) is 38.3 Å². The molecule has 1 aliphatic rings. The number of nitrogens with two attached hydrogens (primary N) is 1. The van der Waals surface area contributed by atoms with Gasteiger partial charge in [-0.2, -0.15) is 0 Å². The highest BCUT2D eigenvalue weighted by molar-refractivity contribution is 5.41. The Morgan fingerprint density at radius 1 is 1.43 bits per heavy atom. The van der Waals surface area contributed by atoms with Gasteiger partial charge in [-0.05, 0) is 19.4 Å². The van der Waals surface area contributed by atoms with Gasteiger partial charge >= 0.3 is 0 Å². The van der Waals surface area contributed by atoms with Crippen LogP contribution in [-0.2, 0) is 0 Å². The minimum absolute atomic E-state index is 0.0901. The number of hydrogen-bond donors (Lipinski definition) is 1. The van der Waals surface area contributed by atoms with Crippen molar-refractivity contribution in [2.75, 3.05) is 0 Å². The van der Waals surface area contributed by atoms with E-state index in [9.17, 15) is 0 Å². The summed E-state index contributed by atoms with van der Waals surface area (Å²) in [4.78, 5) is 0. The number of para-hydroxylation sites is 1. The van der Waals surface area contributed by atoms with Crippen LogP contribution in [-0.4, -0.2) is 12.1 Å². The predicted molar refractivity (Wildman–Crippen MR) is 57.5 cm³/mol. The molecule has 1 aliphatic heterocycles. The number of ether oxygens (including phenoxy) is 1. The first-order valence-corrected chi connectivity index (χ1v) is 5.25. The van der Waals surface area contributed by atoms with Gasteiger partial charge in [0.15, 0.2) is 0 Å². The Morgan fingerprint density at radius 2 is 2.14 bits per heavy atom. The van der Waals surface area contributed by atoms with Gasteiger partial charge in [-0.1, -0.05) is 25.1 Å². The summed E-state index contributed by atoms with van der Waals surface area (Å²) in [5.74, 6) is 1.48. The first-order chi connectivity index (χ1) is 6.74. The molecule has 0 aromatic heterocycles. The summed E-state index contributed by atoms with van der Waals surface area (Å²) in [6.45, 7) is 4.20. The van der Waals surface area contributed by atoms with Crippen molar-refractivity contribution in [2.24, 2.45) is 5.73 Å². The van der Waals surface area contributed by atoms with Crippen LogP contribution in [0.3, 0.4) is 0 Å². The average molecular weight is 191 g/mol. The Kier molecular flexibility index (Phi) is 2.46. The topological polar surface area (TPSA) is 35.2 Å². The van der Waals surface area contributed by atoms with Crippen LogP contribution in [0.4, 0.5) is 0 Å². The number of benzene rings is 1. The Bertz CT molecular complexity index is 322. The van der Waals surface area contributed by atoms with Crippen LogP contribution in [0.25, 0.3) is 0 Å². The summed E-state index contributed by atoms with van der Waals surface area (Å²) in [5.41, 5.74) is 7.24. The second kappa shape index (κ2) is 3.62. The Morgan fingerprint density at radius 3 is 2.79 bits per heavy atom. The second-order valence-corrected chi connectivity index (χ2v) is 3.99. The molecule has 0 fully saturated rings. The van der Waals surface area contributed by atoms with Gasteiger partial charge in [0.25, 0.3) is 0 Å². The van der Waals surface area contributed by atoms with Gasteiger partial charge in [-0.3, -0.25) is 0 Å². The molecular weight excluding hydrogens is 174 g/mol. The van der Waals surface area contributed by atoms with Gasteiger partial charge in [0.2, 0.25) is 0 Å². The van der Waals surface area contributed by atoms with Gasteiger partial charge in [0, 0.05) is 17.5 Å². The Labute approximate surface area is 85.1 Å². The molecule has 76 valence electrons. The quantitative estimate of drug-likeness (QED) is 0.778. The SMILES string of the molecule is CCC1c2ccccc2OC1C(C)N. The zero-order chi connectivity index (χ0) is 10.1. The fraction of sp³-hybridized carbons (Fsp3) is 0.500. The molecule has 0 saturated carbocycles. The molecule has 2 nitrogen and oxygen atoms in total. The maximum absolute atomic E-state index is 5.92. The summed E-state index contributed by atoms with van der Waals surface area (Å²) in [5, 5.41) is 0. The standard InChI is InChI=1S/C12H17NO/c1-3-9-10-6-4-5-7-11(10)14-12(9)8(2)13/h4-9,12H,3,13H2,1-2H3. The van der Waals surface area contributed by atoms with Crippen molar-refractivity contribution in [3.63, 3.8) is 0 Å². The molecule has 0 saturated heterocycles. The first-order valence-electron chi connectivity index (χ1n) is 5.25. The average Bonchev–Trinajstić information content (AvgIpc) is 2.56. The molecular formula is C12H17NO. The van der Waals surface area contributed by atoms with Crippen LogP contribution >= 0.6 is 0 Å². The van der Waals surface area contributed by atoms with E-state index in [0.29, 0.717) is 5.92 Å². The molecule has 1 aromatic rings. The highest BCUT2D eigenvalue weighted by Gasteiger charge is 2.34. The molecule has 0 radical (unpaired) electrons. The molecule has 0 bridgehead atoms. The fourth-order valence-electron chi connectivity index (χ4n) is 2.23. The Balaban J connectivity index is 2.34. The van der Waals surface area contributed by atoms with Gasteiger partial charge in [0.05, 0.1) is 0 Å². The van der Waals surface area contributed by atoms with Crippen LogP contribution < -0.4 is 10.5 Å². The van der Waals surface area contributed by atoms with Crippen LogP contribution in [0, 0.1) is 0 Å². The van der Waals surface area contributed by atoms with E-state index in [1.165, 1.54) is 5.56 Å². The normalized spacial score (nSPS) is 26.8. The smallest absolute Gasteiger partial charge is 0.123 e. The Hall–Kier alpha value is -1.02. The molecule has 0 amide bonds. The maximum Gasteiger partial charge on any atom is 0.123 e. The van der Waals surface area contributed by atoms with E-state index < -0.39 is 0 Å². The molecule has 3 unspecified atom stereocenters. The summed E-state index contributed by atoms with van der Waals surface area (Å²) >= 11 is 0. The van der Waals surface area contributed by atoms with Crippen LogP contribution in [0.5, 0.6) is 5.75 Å². The van der Waals surface area contributed by atoms with Crippen molar-refractivity contribution >= 4 is 0 Å². The van der Waals surface area contributed by atoms with Crippen molar-refractivity contribution in [1.29, 1.82) is 0 Å². The van der Waals surface area contributed by atoms with E-state index in [1.54, 1.807) is 0 Å². The lowest BCUT2D eigenvalue weighted by Gasteiger charge is -2.21. The molecule has 2 rings (SSSR count). The number of fused-ring (bicyclic) bond motifs is 1. The minimum Gasteiger partial charge on any atom is -0.488 e. The van der Waals surface area contributed by atoms with Crippen LogP contribution in [0.15, 0.2) is 24.3 Å². The third kappa shape index (κ3) is 1.40. The molecule has 1 heterocycles. The maximum atomic E-state index is 5.92. The van der Waals surface area contributed by atoms with E-state index in [1.807, 2.05) is 19.1 Å². The lowest BCUT2D eigenvalue weighted by molar-refractivity contribution is 0.177. The van der Waals surface area contributed by atoms with Gasteiger partial charge < -0.3 is 10.5 Å². The van der Waals surface area contributed by atoms with Gasteiger partial charge in [0.1, 0.15) is 11.9 Å². The summed E-state index contributed by atoms with van der Waals surface area (Å²) < 4.78 is 5.85. The van der Waals surface area contributed by atoms with Crippen LogP contribution in [0.1, 0.15) is 31.7 Å². The molecule has 0 spiro atoms. The van der Waals surface area contributed by atoms with Gasteiger partial charge in [-0.25, -0.2) is 0 Å². The van der Waals surface area contributed by atoms with E-state index in [0.717, 1.165) is 12.2 Å². The largest absolute Gasteiger partial charge is 0.488 e. The first kappa shape index (κ1) is 9.53. The summed E-state index contributed by atoms with van der Waals surface area (Å²) in [6.07, 6.45) is 1.24.